The fourth-order valence-corrected chi connectivity index (χ4v) is 4.13. The van der Waals surface area contributed by atoms with E-state index in [0.717, 1.165) is 44.2 Å². The van der Waals surface area contributed by atoms with Crippen molar-refractivity contribution >= 4 is 23.5 Å². The molecule has 3 atom stereocenters. The number of carbonyl (C=O) groups is 1. The molecular formula is C22H29FN8O4. The largest absolute Gasteiger partial charge is 0.441 e. The van der Waals surface area contributed by atoms with E-state index < -0.39 is 24.5 Å². The average molecular weight is 489 g/mol. The number of alkyl carbamates (subject to hydrolysis) is 1. The molecule has 5 rings (SSSR count). The second-order valence-corrected chi connectivity index (χ2v) is 8.89. The summed E-state index contributed by atoms with van der Waals surface area (Å²) in [6.45, 7) is 7.49. The van der Waals surface area contributed by atoms with Crippen LogP contribution in [0.1, 0.15) is 31.3 Å². The molecule has 35 heavy (non-hydrogen) atoms. The topological polar surface area (TPSA) is 131 Å². The third-order valence-electron chi connectivity index (χ3n) is 5.81. The quantitative estimate of drug-likeness (QED) is 0.457. The van der Waals surface area contributed by atoms with Gasteiger partial charge in [0, 0.05) is 44.1 Å². The molecule has 0 aromatic carbocycles. The van der Waals surface area contributed by atoms with Crippen molar-refractivity contribution in [3.63, 3.8) is 0 Å². The highest BCUT2D eigenvalue weighted by Gasteiger charge is 2.42. The molecule has 12 nitrogen and oxygen atoms in total. The van der Waals surface area contributed by atoms with E-state index in [-0.39, 0.29) is 12.6 Å². The lowest BCUT2D eigenvalue weighted by atomic mass is 10.1. The van der Waals surface area contributed by atoms with Crippen molar-refractivity contribution in [2.24, 2.45) is 0 Å². The van der Waals surface area contributed by atoms with E-state index in [1.54, 1.807) is 26.1 Å². The minimum Gasteiger partial charge on any atom is -0.441 e. The zero-order chi connectivity index (χ0) is 24.4. The van der Waals surface area contributed by atoms with Crippen LogP contribution < -0.4 is 10.6 Å². The Morgan fingerprint density at radius 1 is 1.37 bits per heavy atom. The molecule has 0 saturated carbocycles. The molecule has 3 aromatic rings. The van der Waals surface area contributed by atoms with E-state index in [0.29, 0.717) is 17.5 Å². The van der Waals surface area contributed by atoms with Crippen LogP contribution in [0.25, 0.3) is 5.65 Å². The summed E-state index contributed by atoms with van der Waals surface area (Å²) in [5.74, 6) is 0.970. The first-order valence-electron chi connectivity index (χ1n) is 11.6. The van der Waals surface area contributed by atoms with Crippen molar-refractivity contribution in [2.45, 2.75) is 44.8 Å². The monoisotopic (exact) mass is 488 g/mol. The molecule has 0 unspecified atom stereocenters. The van der Waals surface area contributed by atoms with E-state index in [4.69, 9.17) is 19.2 Å². The van der Waals surface area contributed by atoms with Crippen LogP contribution in [0.4, 0.5) is 21.0 Å². The van der Waals surface area contributed by atoms with Gasteiger partial charge in [-0.1, -0.05) is 0 Å². The van der Waals surface area contributed by atoms with Gasteiger partial charge in [0.1, 0.15) is 11.8 Å². The minimum atomic E-state index is -1.53. The number of morpholine rings is 1. The van der Waals surface area contributed by atoms with Crippen LogP contribution >= 0.6 is 0 Å². The number of amides is 1. The predicted molar refractivity (Wildman–Crippen MR) is 123 cm³/mol. The zero-order valence-corrected chi connectivity index (χ0v) is 19.6. The summed E-state index contributed by atoms with van der Waals surface area (Å²) in [6.07, 6.45) is -0.513. The Hall–Kier alpha value is -3.29. The number of rotatable bonds is 7. The summed E-state index contributed by atoms with van der Waals surface area (Å²) >= 11 is 0. The molecule has 1 amide bonds. The first-order valence-corrected chi connectivity index (χ1v) is 11.6. The van der Waals surface area contributed by atoms with Crippen LogP contribution in [-0.4, -0.2) is 86.8 Å². The molecule has 0 radical (unpaired) electrons. The van der Waals surface area contributed by atoms with Crippen molar-refractivity contribution in [2.75, 3.05) is 38.2 Å². The number of aromatic amines is 1. The van der Waals surface area contributed by atoms with Gasteiger partial charge < -0.3 is 24.8 Å². The summed E-state index contributed by atoms with van der Waals surface area (Å²) in [4.78, 5) is 23.2. The van der Waals surface area contributed by atoms with Crippen LogP contribution in [0, 0.1) is 0 Å². The van der Waals surface area contributed by atoms with Crippen molar-refractivity contribution in [1.82, 2.24) is 34.8 Å². The summed E-state index contributed by atoms with van der Waals surface area (Å²) in [5.41, 5.74) is 2.11. The van der Waals surface area contributed by atoms with Gasteiger partial charge in [0.05, 0.1) is 31.2 Å². The highest BCUT2D eigenvalue weighted by atomic mass is 19.1. The van der Waals surface area contributed by atoms with Crippen LogP contribution in [0.3, 0.4) is 0 Å². The number of halogens is 1. The summed E-state index contributed by atoms with van der Waals surface area (Å²) < 4.78 is 32.9. The standard InChI is InChI=1S/C22H29FN8O4/c1-13(2)25-22(32)35-16-12-34-20(19(16)23)15-9-17(29-28-15)27-21-24-4-3-18-26-14(11-31(18)21)10-30-5-7-33-8-6-30/h3-4,9,11,13,16,19-20H,5-8,10,12H2,1-2H3,(H,25,32)(H2,24,27,28,29)/t16-,19+,20-/m1/s1. The fourth-order valence-electron chi connectivity index (χ4n) is 4.13. The SMILES string of the molecule is CC(C)NC(=O)O[C@@H]1CO[C@H](c2cc(Nc3nccc4nc(CN5CCOCC5)cn34)n[nH]2)[C@H]1F. The molecule has 0 bridgehead atoms. The van der Waals surface area contributed by atoms with Gasteiger partial charge in [-0.25, -0.2) is 19.2 Å². The van der Waals surface area contributed by atoms with Crippen LogP contribution in [-0.2, 0) is 20.8 Å². The number of hydrogen-bond acceptors (Lipinski definition) is 9. The molecule has 13 heteroatoms. The number of anilines is 2. The maximum absolute atomic E-state index is 14.9. The Labute approximate surface area is 201 Å². The number of aromatic nitrogens is 5. The number of fused-ring (bicyclic) bond motifs is 1. The van der Waals surface area contributed by atoms with Crippen LogP contribution in [0.5, 0.6) is 0 Å². The van der Waals surface area contributed by atoms with Gasteiger partial charge in [0.2, 0.25) is 5.95 Å². The highest BCUT2D eigenvalue weighted by Crippen LogP contribution is 2.33. The van der Waals surface area contributed by atoms with Crippen molar-refractivity contribution in [3.05, 3.63) is 35.9 Å². The van der Waals surface area contributed by atoms with Crippen LogP contribution in [0.2, 0.25) is 0 Å². The number of H-pyrrole nitrogens is 1. The number of ether oxygens (including phenoxy) is 3. The number of nitrogens with one attached hydrogen (secondary N) is 3. The van der Waals surface area contributed by atoms with Gasteiger partial charge in [0.25, 0.3) is 0 Å². The Kier molecular flexibility index (Phi) is 6.79. The van der Waals surface area contributed by atoms with Gasteiger partial charge in [-0.2, -0.15) is 5.10 Å². The van der Waals surface area contributed by atoms with Crippen molar-refractivity contribution < 1.29 is 23.4 Å². The molecule has 188 valence electrons. The molecular weight excluding hydrogens is 459 g/mol. The lowest BCUT2D eigenvalue weighted by Gasteiger charge is -2.25. The van der Waals surface area contributed by atoms with Gasteiger partial charge in [0.15, 0.2) is 18.1 Å². The number of hydrogen-bond donors (Lipinski definition) is 3. The zero-order valence-electron chi connectivity index (χ0n) is 19.6. The molecule has 2 saturated heterocycles. The smallest absolute Gasteiger partial charge is 0.407 e. The second kappa shape index (κ2) is 10.1. The fraction of sp³-hybridized carbons (Fsp3) is 0.545. The Balaban J connectivity index is 1.25. The number of carbonyl (C=O) groups excluding carboxylic acids is 1. The van der Waals surface area contributed by atoms with E-state index in [2.05, 4.69) is 30.7 Å². The van der Waals surface area contributed by atoms with Crippen molar-refractivity contribution in [3.8, 4) is 0 Å². The number of nitrogens with zero attached hydrogens (tertiary/aromatic N) is 5. The molecule has 3 N–H and O–H groups in total. The first kappa shape index (κ1) is 23.5. The predicted octanol–water partition coefficient (Wildman–Crippen LogP) is 1.94. The third kappa shape index (κ3) is 5.36. The maximum atomic E-state index is 14.9. The molecule has 2 fully saturated rings. The van der Waals surface area contributed by atoms with E-state index in [1.165, 1.54) is 0 Å². The van der Waals surface area contributed by atoms with E-state index in [1.807, 2.05) is 16.7 Å². The van der Waals surface area contributed by atoms with Gasteiger partial charge >= 0.3 is 6.09 Å². The molecule has 0 spiro atoms. The normalized spacial score (nSPS) is 23.1. The summed E-state index contributed by atoms with van der Waals surface area (Å²) in [7, 11) is 0. The number of alkyl halides is 1. The lowest BCUT2D eigenvalue weighted by Crippen LogP contribution is -2.36. The molecule has 3 aromatic heterocycles. The van der Waals surface area contributed by atoms with E-state index >= 15 is 0 Å². The second-order valence-electron chi connectivity index (χ2n) is 8.89. The number of imidazole rings is 1. The first-order chi connectivity index (χ1) is 17.0. The Bertz CT molecular complexity index is 1160. The molecule has 0 aliphatic carbocycles. The highest BCUT2D eigenvalue weighted by molar-refractivity contribution is 5.67. The maximum Gasteiger partial charge on any atom is 0.407 e. The average Bonchev–Trinajstić information content (AvgIpc) is 3.54. The van der Waals surface area contributed by atoms with E-state index in [9.17, 15) is 9.18 Å². The Morgan fingerprint density at radius 2 is 2.20 bits per heavy atom. The molecule has 2 aliphatic rings. The van der Waals surface area contributed by atoms with Crippen LogP contribution in [0.15, 0.2) is 24.5 Å². The van der Waals surface area contributed by atoms with Gasteiger partial charge in [-0.15, -0.1) is 0 Å². The molecule has 2 aliphatic heterocycles. The minimum absolute atomic E-state index is 0.0407. The third-order valence-corrected chi connectivity index (χ3v) is 5.81. The van der Waals surface area contributed by atoms with Crippen molar-refractivity contribution in [1.29, 1.82) is 0 Å². The lowest BCUT2D eigenvalue weighted by molar-refractivity contribution is 0.0337. The summed E-state index contributed by atoms with van der Waals surface area (Å²) in [6, 6.07) is 3.38. The molecule has 5 heterocycles. The van der Waals surface area contributed by atoms with Gasteiger partial charge in [-0.05, 0) is 19.9 Å². The summed E-state index contributed by atoms with van der Waals surface area (Å²) in [5, 5.41) is 12.8. The Morgan fingerprint density at radius 3 is 3.00 bits per heavy atom. The van der Waals surface area contributed by atoms with Gasteiger partial charge in [-0.3, -0.25) is 14.4 Å².